The minimum atomic E-state index is -0.355. The second-order valence-corrected chi connectivity index (χ2v) is 7.47. The van der Waals surface area contributed by atoms with E-state index in [2.05, 4.69) is 25.8 Å². The molecule has 0 aliphatic rings. The highest BCUT2D eigenvalue weighted by Gasteiger charge is 2.17. The third-order valence-electron chi connectivity index (χ3n) is 3.71. The van der Waals surface area contributed by atoms with Crippen molar-refractivity contribution in [2.45, 2.75) is 6.54 Å². The van der Waals surface area contributed by atoms with Crippen molar-refractivity contribution in [3.8, 4) is 0 Å². The molecule has 0 saturated carbocycles. The molecule has 4 aromatic rings. The maximum absolute atomic E-state index is 12.9. The van der Waals surface area contributed by atoms with Gasteiger partial charge in [0.2, 0.25) is 0 Å². The summed E-state index contributed by atoms with van der Waals surface area (Å²) in [6, 6.07) is 7.59. The zero-order valence-corrected chi connectivity index (χ0v) is 15.3. The van der Waals surface area contributed by atoms with Crippen LogP contribution in [0, 0.1) is 5.82 Å². The monoisotopic (exact) mass is 401 g/mol. The van der Waals surface area contributed by atoms with Crippen molar-refractivity contribution in [2.24, 2.45) is 0 Å². The van der Waals surface area contributed by atoms with Crippen LogP contribution in [0.4, 0.5) is 10.2 Å². The van der Waals surface area contributed by atoms with Crippen LogP contribution in [0.15, 0.2) is 41.9 Å². The first-order chi connectivity index (χ1) is 13.1. The summed E-state index contributed by atoms with van der Waals surface area (Å²) >= 11 is 2.46. The smallest absolute Gasteiger partial charge is 0.285 e. The highest BCUT2D eigenvalue weighted by atomic mass is 32.1. The molecule has 0 aliphatic carbocycles. The SMILES string of the molecule is O=C(NCc1ccc(F)cc1)c1cc2c(NC(=O)c3nccs3)n[nH]c2s1. The Balaban J connectivity index is 1.46. The van der Waals surface area contributed by atoms with E-state index in [4.69, 9.17) is 0 Å². The first kappa shape index (κ1) is 17.3. The molecular formula is C17H12FN5O2S2. The number of nitrogens with zero attached hydrogens (tertiary/aromatic N) is 2. The minimum Gasteiger partial charge on any atom is -0.347 e. The van der Waals surface area contributed by atoms with Gasteiger partial charge in [0.25, 0.3) is 11.8 Å². The van der Waals surface area contributed by atoms with Gasteiger partial charge in [-0.05, 0) is 23.8 Å². The Morgan fingerprint density at radius 1 is 1.19 bits per heavy atom. The average Bonchev–Trinajstić information content (AvgIpc) is 3.39. The molecule has 136 valence electrons. The fraction of sp³-hybridized carbons (Fsp3) is 0.0588. The number of thiazole rings is 1. The lowest BCUT2D eigenvalue weighted by atomic mass is 10.2. The standard InChI is InChI=1S/C17H12FN5O2S2/c18-10-3-1-9(2-4-10)8-20-14(24)12-7-11-13(22-23-16(11)27-12)21-15(25)17-19-5-6-26-17/h1-7H,8H2,(H,20,24)(H2,21,22,23,25). The maximum atomic E-state index is 12.9. The number of hydrogen-bond acceptors (Lipinski definition) is 6. The van der Waals surface area contributed by atoms with E-state index in [1.807, 2.05) is 0 Å². The van der Waals surface area contributed by atoms with Gasteiger partial charge in [0, 0.05) is 18.1 Å². The summed E-state index contributed by atoms with van der Waals surface area (Å²) < 4.78 is 12.9. The van der Waals surface area contributed by atoms with E-state index in [1.165, 1.54) is 34.8 Å². The Morgan fingerprint density at radius 3 is 2.74 bits per heavy atom. The second kappa shape index (κ2) is 7.25. The summed E-state index contributed by atoms with van der Waals surface area (Å²) in [5.41, 5.74) is 0.796. The second-order valence-electron chi connectivity index (χ2n) is 5.53. The van der Waals surface area contributed by atoms with E-state index < -0.39 is 0 Å². The van der Waals surface area contributed by atoms with E-state index in [9.17, 15) is 14.0 Å². The molecule has 0 bridgehead atoms. The number of benzene rings is 1. The van der Waals surface area contributed by atoms with Gasteiger partial charge in [-0.3, -0.25) is 14.7 Å². The Morgan fingerprint density at radius 2 is 2.00 bits per heavy atom. The van der Waals surface area contributed by atoms with Crippen molar-refractivity contribution in [3.63, 3.8) is 0 Å². The van der Waals surface area contributed by atoms with Gasteiger partial charge in [0.15, 0.2) is 10.8 Å². The molecule has 3 aromatic heterocycles. The van der Waals surface area contributed by atoms with E-state index in [0.29, 0.717) is 25.9 Å². The minimum absolute atomic E-state index is 0.258. The van der Waals surface area contributed by atoms with Crippen molar-refractivity contribution in [1.82, 2.24) is 20.5 Å². The molecular weight excluding hydrogens is 389 g/mol. The van der Waals surface area contributed by atoms with Crippen LogP contribution in [-0.2, 0) is 6.54 Å². The number of rotatable bonds is 5. The van der Waals surface area contributed by atoms with Crippen LogP contribution in [0.3, 0.4) is 0 Å². The lowest BCUT2D eigenvalue weighted by molar-refractivity contribution is 0.0954. The number of hydrogen-bond donors (Lipinski definition) is 3. The maximum Gasteiger partial charge on any atom is 0.285 e. The number of H-pyrrole nitrogens is 1. The predicted molar refractivity (Wildman–Crippen MR) is 102 cm³/mol. The first-order valence-electron chi connectivity index (χ1n) is 7.81. The lowest BCUT2D eigenvalue weighted by Crippen LogP contribution is -2.21. The number of thiophene rings is 1. The summed E-state index contributed by atoms with van der Waals surface area (Å²) in [6.45, 7) is 0.289. The number of amides is 2. The molecule has 27 heavy (non-hydrogen) atoms. The number of aromatic amines is 1. The number of anilines is 1. The Bertz CT molecular complexity index is 1100. The van der Waals surface area contributed by atoms with E-state index in [0.717, 1.165) is 5.56 Å². The molecule has 0 spiro atoms. The predicted octanol–water partition coefficient (Wildman–Crippen LogP) is 3.40. The van der Waals surface area contributed by atoms with Crippen LogP contribution >= 0.6 is 22.7 Å². The quantitative estimate of drug-likeness (QED) is 0.477. The van der Waals surface area contributed by atoms with Gasteiger partial charge in [-0.1, -0.05) is 12.1 Å². The Hall–Kier alpha value is -3.11. The number of halogens is 1. The van der Waals surface area contributed by atoms with Crippen LogP contribution in [-0.4, -0.2) is 27.0 Å². The fourth-order valence-electron chi connectivity index (χ4n) is 2.39. The van der Waals surface area contributed by atoms with E-state index >= 15 is 0 Å². The molecule has 0 fully saturated rings. The third kappa shape index (κ3) is 3.71. The van der Waals surface area contributed by atoms with Crippen molar-refractivity contribution < 1.29 is 14.0 Å². The molecule has 0 radical (unpaired) electrons. The highest BCUT2D eigenvalue weighted by molar-refractivity contribution is 7.20. The topological polar surface area (TPSA) is 99.8 Å². The molecule has 3 heterocycles. The van der Waals surface area contributed by atoms with Gasteiger partial charge in [-0.25, -0.2) is 9.37 Å². The van der Waals surface area contributed by atoms with Gasteiger partial charge in [-0.2, -0.15) is 5.10 Å². The zero-order valence-electron chi connectivity index (χ0n) is 13.7. The highest BCUT2D eigenvalue weighted by Crippen LogP contribution is 2.29. The number of fused-ring (bicyclic) bond motifs is 1. The zero-order chi connectivity index (χ0) is 18.8. The normalized spacial score (nSPS) is 10.9. The van der Waals surface area contributed by atoms with E-state index in [-0.39, 0.29) is 24.2 Å². The molecule has 7 nitrogen and oxygen atoms in total. The summed E-state index contributed by atoms with van der Waals surface area (Å²) in [5, 5.41) is 15.0. The van der Waals surface area contributed by atoms with Crippen molar-refractivity contribution in [3.05, 3.63) is 63.2 Å². The fourth-order valence-corrected chi connectivity index (χ4v) is 3.84. The molecule has 2 amide bonds. The molecule has 10 heteroatoms. The number of carbonyl (C=O) groups excluding carboxylic acids is 2. The number of nitrogens with one attached hydrogen (secondary N) is 3. The summed E-state index contributed by atoms with van der Waals surface area (Å²) in [4.78, 5) is 29.6. The first-order valence-corrected chi connectivity index (χ1v) is 9.51. The van der Waals surface area contributed by atoms with Gasteiger partial charge in [0.1, 0.15) is 10.6 Å². The molecule has 0 aliphatic heterocycles. The van der Waals surface area contributed by atoms with E-state index in [1.54, 1.807) is 29.8 Å². The lowest BCUT2D eigenvalue weighted by Gasteiger charge is -2.03. The number of aromatic nitrogens is 3. The Kier molecular flexibility index (Phi) is 4.65. The van der Waals surface area contributed by atoms with Gasteiger partial charge in [-0.15, -0.1) is 22.7 Å². The van der Waals surface area contributed by atoms with Crippen molar-refractivity contribution >= 4 is 50.5 Å². The van der Waals surface area contributed by atoms with Gasteiger partial charge < -0.3 is 10.6 Å². The molecule has 0 saturated heterocycles. The Labute approximate surface area is 160 Å². The summed E-state index contributed by atoms with van der Waals surface area (Å²) in [6.07, 6.45) is 1.55. The molecule has 0 unspecified atom stereocenters. The van der Waals surface area contributed by atoms with Crippen LogP contribution in [0.2, 0.25) is 0 Å². The van der Waals surface area contributed by atoms with Crippen LogP contribution in [0.5, 0.6) is 0 Å². The van der Waals surface area contributed by atoms with Crippen LogP contribution in [0.1, 0.15) is 25.0 Å². The third-order valence-corrected chi connectivity index (χ3v) is 5.52. The summed E-state index contributed by atoms with van der Waals surface area (Å²) in [5.74, 6) is -0.588. The number of carbonyl (C=O) groups is 2. The van der Waals surface area contributed by atoms with Crippen molar-refractivity contribution in [1.29, 1.82) is 0 Å². The molecule has 4 rings (SSSR count). The largest absolute Gasteiger partial charge is 0.347 e. The van der Waals surface area contributed by atoms with Gasteiger partial charge >= 0.3 is 0 Å². The molecule has 0 atom stereocenters. The average molecular weight is 401 g/mol. The summed E-state index contributed by atoms with van der Waals surface area (Å²) in [7, 11) is 0. The van der Waals surface area contributed by atoms with Crippen LogP contribution < -0.4 is 10.6 Å². The molecule has 1 aromatic carbocycles. The van der Waals surface area contributed by atoms with Crippen molar-refractivity contribution in [2.75, 3.05) is 5.32 Å². The van der Waals surface area contributed by atoms with Gasteiger partial charge in [0.05, 0.1) is 10.3 Å². The molecule has 3 N–H and O–H groups in total. The van der Waals surface area contributed by atoms with Crippen LogP contribution in [0.25, 0.3) is 10.2 Å².